The zero-order valence-electron chi connectivity index (χ0n) is 14.6. The lowest BCUT2D eigenvalue weighted by Crippen LogP contribution is -2.49. The van der Waals surface area contributed by atoms with E-state index in [1.54, 1.807) is 13.2 Å². The molecule has 0 aromatic heterocycles. The first-order valence-electron chi connectivity index (χ1n) is 8.70. The van der Waals surface area contributed by atoms with Gasteiger partial charge >= 0.3 is 0 Å². The molecular formula is C19H25N3O3. The summed E-state index contributed by atoms with van der Waals surface area (Å²) in [6.07, 6.45) is 2.32. The van der Waals surface area contributed by atoms with Crippen LogP contribution in [0.3, 0.4) is 0 Å². The fourth-order valence-electron chi connectivity index (χ4n) is 3.27. The molecule has 1 aromatic rings. The zero-order chi connectivity index (χ0) is 17.8. The average molecular weight is 343 g/mol. The molecule has 2 unspecified atom stereocenters. The number of ether oxygens (including phenoxy) is 1. The highest BCUT2D eigenvalue weighted by molar-refractivity contribution is 5.92. The van der Waals surface area contributed by atoms with Gasteiger partial charge in [0.05, 0.1) is 18.9 Å². The van der Waals surface area contributed by atoms with Crippen molar-refractivity contribution in [1.29, 1.82) is 0 Å². The number of hydrogen-bond acceptors (Lipinski definition) is 4. The van der Waals surface area contributed by atoms with Crippen LogP contribution in [0.25, 0.3) is 0 Å². The molecule has 0 radical (unpaired) electrons. The lowest BCUT2D eigenvalue weighted by atomic mass is 10.2. The molecule has 6 nitrogen and oxygen atoms in total. The van der Waals surface area contributed by atoms with Crippen LogP contribution in [0, 0.1) is 11.8 Å². The van der Waals surface area contributed by atoms with Gasteiger partial charge in [-0.3, -0.25) is 9.59 Å². The number of methoxy groups -OCH3 is 1. The van der Waals surface area contributed by atoms with Crippen LogP contribution in [0.4, 0.5) is 5.69 Å². The number of nitrogens with zero attached hydrogens (tertiary/aromatic N) is 2. The van der Waals surface area contributed by atoms with Crippen molar-refractivity contribution >= 4 is 17.5 Å². The summed E-state index contributed by atoms with van der Waals surface area (Å²) in [6.45, 7) is 7.04. The van der Waals surface area contributed by atoms with Crippen LogP contribution in [0.1, 0.15) is 6.42 Å². The summed E-state index contributed by atoms with van der Waals surface area (Å²) in [5.41, 5.74) is 1.14. The Labute approximate surface area is 148 Å². The maximum Gasteiger partial charge on any atom is 0.226 e. The molecule has 1 saturated carbocycles. The highest BCUT2D eigenvalue weighted by Gasteiger charge is 2.49. The van der Waals surface area contributed by atoms with E-state index in [2.05, 4.69) is 16.8 Å². The number of hydrogen-bond donors (Lipinski definition) is 1. The summed E-state index contributed by atoms with van der Waals surface area (Å²) in [7, 11) is 1.65. The van der Waals surface area contributed by atoms with E-state index in [4.69, 9.17) is 4.74 Å². The molecule has 25 heavy (non-hydrogen) atoms. The Balaban J connectivity index is 1.48. The molecule has 0 spiro atoms. The summed E-state index contributed by atoms with van der Waals surface area (Å²) < 4.78 is 5.18. The van der Waals surface area contributed by atoms with Gasteiger partial charge in [0.15, 0.2) is 0 Å². The highest BCUT2D eigenvalue weighted by Crippen LogP contribution is 2.40. The van der Waals surface area contributed by atoms with Crippen molar-refractivity contribution in [2.75, 3.05) is 44.7 Å². The van der Waals surface area contributed by atoms with Gasteiger partial charge in [-0.1, -0.05) is 6.08 Å². The van der Waals surface area contributed by atoms with Gasteiger partial charge in [0.1, 0.15) is 5.75 Å². The first-order chi connectivity index (χ1) is 12.1. The number of anilines is 1. The monoisotopic (exact) mass is 343 g/mol. The molecule has 1 aliphatic carbocycles. The SMILES string of the molecule is C=CCNC(=O)C1CC1C(=O)N1CCN(c2ccc(OC)cc2)CC1. The number of carbonyl (C=O) groups is 2. The predicted molar refractivity (Wildman–Crippen MR) is 96.6 cm³/mol. The minimum atomic E-state index is -0.160. The van der Waals surface area contributed by atoms with Crippen molar-refractivity contribution in [3.05, 3.63) is 36.9 Å². The van der Waals surface area contributed by atoms with Gasteiger partial charge in [-0.25, -0.2) is 0 Å². The number of nitrogens with one attached hydrogen (secondary N) is 1. The summed E-state index contributed by atoms with van der Waals surface area (Å²) >= 11 is 0. The minimum absolute atomic E-state index is 0.0323. The lowest BCUT2D eigenvalue weighted by Gasteiger charge is -2.36. The van der Waals surface area contributed by atoms with Gasteiger partial charge in [0.25, 0.3) is 0 Å². The second kappa shape index (κ2) is 7.59. The summed E-state index contributed by atoms with van der Waals surface area (Å²) in [4.78, 5) is 28.6. The Hall–Kier alpha value is -2.50. The first kappa shape index (κ1) is 17.3. The molecule has 1 heterocycles. The lowest BCUT2D eigenvalue weighted by molar-refractivity contribution is -0.135. The number of piperazine rings is 1. The number of carbonyl (C=O) groups excluding carboxylic acids is 2. The molecule has 134 valence electrons. The smallest absolute Gasteiger partial charge is 0.226 e. The molecule has 1 aromatic carbocycles. The van der Waals surface area contributed by atoms with Crippen LogP contribution in [0.15, 0.2) is 36.9 Å². The summed E-state index contributed by atoms with van der Waals surface area (Å²) in [5.74, 6) is 0.625. The molecule has 1 aliphatic heterocycles. The van der Waals surface area contributed by atoms with Gasteiger partial charge < -0.3 is 19.9 Å². The fraction of sp³-hybridized carbons (Fsp3) is 0.474. The zero-order valence-corrected chi connectivity index (χ0v) is 14.6. The minimum Gasteiger partial charge on any atom is -0.497 e. The van der Waals surface area contributed by atoms with Crippen LogP contribution in [-0.4, -0.2) is 56.5 Å². The van der Waals surface area contributed by atoms with Crippen LogP contribution in [0.2, 0.25) is 0 Å². The van der Waals surface area contributed by atoms with Gasteiger partial charge in [-0.2, -0.15) is 0 Å². The van der Waals surface area contributed by atoms with E-state index >= 15 is 0 Å². The van der Waals surface area contributed by atoms with Crippen LogP contribution in [-0.2, 0) is 9.59 Å². The third-order valence-electron chi connectivity index (χ3n) is 4.89. The van der Waals surface area contributed by atoms with Crippen molar-refractivity contribution in [2.24, 2.45) is 11.8 Å². The second-order valence-electron chi connectivity index (χ2n) is 6.49. The summed E-state index contributed by atoms with van der Waals surface area (Å²) in [6, 6.07) is 7.97. The van der Waals surface area contributed by atoms with Gasteiger partial charge in [0.2, 0.25) is 11.8 Å². The van der Waals surface area contributed by atoms with E-state index in [0.29, 0.717) is 26.1 Å². The Morgan fingerprint density at radius 1 is 1.20 bits per heavy atom. The molecule has 1 N–H and O–H groups in total. The molecule has 2 fully saturated rings. The fourth-order valence-corrected chi connectivity index (χ4v) is 3.27. The van der Waals surface area contributed by atoms with E-state index < -0.39 is 0 Å². The quantitative estimate of drug-likeness (QED) is 0.791. The number of amides is 2. The van der Waals surface area contributed by atoms with E-state index in [1.807, 2.05) is 29.2 Å². The standard InChI is InChI=1S/C19H25N3O3/c1-3-8-20-18(23)16-13-17(16)19(24)22-11-9-21(10-12-22)14-4-6-15(25-2)7-5-14/h3-7,16-17H,1,8-13H2,2H3,(H,20,23). The highest BCUT2D eigenvalue weighted by atomic mass is 16.5. The van der Waals surface area contributed by atoms with Crippen molar-refractivity contribution in [3.63, 3.8) is 0 Å². The normalized spacial score (nSPS) is 22.3. The second-order valence-corrected chi connectivity index (χ2v) is 6.49. The van der Waals surface area contributed by atoms with Crippen molar-refractivity contribution < 1.29 is 14.3 Å². The third kappa shape index (κ3) is 3.95. The number of benzene rings is 1. The molecule has 2 atom stereocenters. The van der Waals surface area contributed by atoms with E-state index in [9.17, 15) is 9.59 Å². The molecule has 2 amide bonds. The Morgan fingerprint density at radius 2 is 1.88 bits per heavy atom. The van der Waals surface area contributed by atoms with E-state index in [0.717, 1.165) is 24.5 Å². The van der Waals surface area contributed by atoms with Crippen LogP contribution >= 0.6 is 0 Å². The van der Waals surface area contributed by atoms with Crippen LogP contribution in [0.5, 0.6) is 5.75 Å². The maximum atomic E-state index is 12.6. The predicted octanol–water partition coefficient (Wildman–Crippen LogP) is 1.28. The molecule has 2 aliphatic rings. The first-order valence-corrected chi connectivity index (χ1v) is 8.70. The topological polar surface area (TPSA) is 61.9 Å². The molecule has 0 bridgehead atoms. The van der Waals surface area contributed by atoms with Crippen molar-refractivity contribution in [3.8, 4) is 5.75 Å². The Bertz CT molecular complexity index is 636. The average Bonchev–Trinajstić information content (AvgIpc) is 3.46. The Kier molecular flexibility index (Phi) is 5.26. The van der Waals surface area contributed by atoms with E-state index in [-0.39, 0.29) is 23.7 Å². The Morgan fingerprint density at radius 3 is 2.48 bits per heavy atom. The van der Waals surface area contributed by atoms with Gasteiger partial charge in [-0.15, -0.1) is 6.58 Å². The van der Waals surface area contributed by atoms with Crippen molar-refractivity contribution in [2.45, 2.75) is 6.42 Å². The largest absolute Gasteiger partial charge is 0.497 e. The number of rotatable bonds is 6. The summed E-state index contributed by atoms with van der Waals surface area (Å²) in [5, 5.41) is 2.77. The van der Waals surface area contributed by atoms with Gasteiger partial charge in [-0.05, 0) is 30.7 Å². The van der Waals surface area contributed by atoms with E-state index in [1.165, 1.54) is 0 Å². The third-order valence-corrected chi connectivity index (χ3v) is 4.89. The van der Waals surface area contributed by atoms with Crippen molar-refractivity contribution in [1.82, 2.24) is 10.2 Å². The molecule has 1 saturated heterocycles. The molecule has 6 heteroatoms. The van der Waals surface area contributed by atoms with Gasteiger partial charge in [0, 0.05) is 38.4 Å². The maximum absolute atomic E-state index is 12.6. The molecule has 3 rings (SSSR count). The van der Waals surface area contributed by atoms with Crippen LogP contribution < -0.4 is 15.0 Å². The molecular weight excluding hydrogens is 318 g/mol.